The van der Waals surface area contributed by atoms with Crippen LogP contribution in [-0.4, -0.2) is 65.6 Å². The van der Waals surface area contributed by atoms with E-state index in [9.17, 15) is 14.4 Å². The van der Waals surface area contributed by atoms with Crippen LogP contribution in [0.4, 0.5) is 0 Å². The van der Waals surface area contributed by atoms with Gasteiger partial charge in [0, 0.05) is 18.8 Å². The third-order valence-electron chi connectivity index (χ3n) is 17.3. The molecule has 6 rings (SSSR count). The fourth-order valence-corrected chi connectivity index (χ4v) is 9.62. The molecule has 0 radical (unpaired) electrons. The van der Waals surface area contributed by atoms with E-state index in [1.807, 2.05) is 139 Å². The van der Waals surface area contributed by atoms with Crippen LogP contribution in [0.2, 0.25) is 0 Å². The van der Waals surface area contributed by atoms with Crippen molar-refractivity contribution in [2.24, 2.45) is 10.8 Å². The highest BCUT2D eigenvalue weighted by Gasteiger charge is 2.43. The maximum atomic E-state index is 12.1. The highest BCUT2D eigenvalue weighted by molar-refractivity contribution is 5.87. The molecule has 0 aromatic heterocycles. The number of phenols is 1. The Balaban J connectivity index is 0.000000524. The molecule has 488 valence electrons. The van der Waals surface area contributed by atoms with Crippen molar-refractivity contribution in [2.75, 3.05) is 13.2 Å². The summed E-state index contributed by atoms with van der Waals surface area (Å²) in [6.45, 7) is 56.3. The van der Waals surface area contributed by atoms with Gasteiger partial charge >= 0.3 is 17.9 Å². The zero-order valence-electron chi connectivity index (χ0n) is 57.6. The van der Waals surface area contributed by atoms with E-state index in [-0.39, 0.29) is 52.5 Å². The van der Waals surface area contributed by atoms with E-state index in [4.69, 9.17) is 38.3 Å². The van der Waals surface area contributed by atoms with Crippen molar-refractivity contribution < 1.29 is 52.6 Å². The fraction of sp³-hybridized carbons (Fsp3) is 0.592. The summed E-state index contributed by atoms with van der Waals surface area (Å²) in [5.41, 5.74) is 5.21. The van der Waals surface area contributed by atoms with Crippen molar-refractivity contribution in [3.05, 3.63) is 145 Å². The molecular weight excluding hydrogens is 1090 g/mol. The van der Waals surface area contributed by atoms with Crippen LogP contribution < -0.4 is 9.47 Å². The summed E-state index contributed by atoms with van der Waals surface area (Å²) in [5, 5.41) is 9.01. The molecule has 3 saturated carbocycles. The molecule has 3 fully saturated rings. The molecule has 3 aliphatic rings. The molecule has 3 aromatic rings. The van der Waals surface area contributed by atoms with Gasteiger partial charge in [-0.25, -0.2) is 4.79 Å². The summed E-state index contributed by atoms with van der Waals surface area (Å²) >= 11 is 0. The molecule has 0 heterocycles. The second-order valence-corrected chi connectivity index (χ2v) is 25.2. The zero-order chi connectivity index (χ0) is 66.2. The number of carbonyl (C=O) groups excluding carboxylic acids is 3. The molecule has 3 aliphatic carbocycles. The minimum absolute atomic E-state index is 0.0834. The standard InChI is InChI=1S/2C14H24O2.C14H22O2.C12H18O2.C12H16O2.C10H14O/c2*1-6-13(4,5)12(15)16-14(11(2)3)9-7-8-10-14;1-5-11(3)13-7-9-14(10-8-13)16-12(4)15-6-2;1-9(2)11(13)14-12(10(3)4)7-5-6-8-12;1-4-11-6-8-12(9-7-11)14-10(3)13-5-2;1-3-8(2)9-4-6-10(11)7-5-9/h2*2,6-10H2,1,3-5H3;7-12H,5-6H2,1-4H3;1,3,5-8H2,2,4H3;4,6-10H,1,5H2,2-3H3;4-8,11H,3H2,1-2H3. The van der Waals surface area contributed by atoms with Crippen molar-refractivity contribution in [3.63, 3.8) is 0 Å². The van der Waals surface area contributed by atoms with Crippen molar-refractivity contribution in [3.8, 4) is 17.2 Å². The van der Waals surface area contributed by atoms with E-state index < -0.39 is 5.60 Å². The summed E-state index contributed by atoms with van der Waals surface area (Å²) in [6.07, 6.45) is 17.6. The Morgan fingerprint density at radius 1 is 0.506 bits per heavy atom. The van der Waals surface area contributed by atoms with Gasteiger partial charge in [0.1, 0.15) is 34.1 Å². The predicted octanol–water partition coefficient (Wildman–Crippen LogP) is 20.7. The summed E-state index contributed by atoms with van der Waals surface area (Å²) in [4.78, 5) is 35.6. The van der Waals surface area contributed by atoms with Crippen LogP contribution >= 0.6 is 0 Å². The number of hydrogen-bond donors (Lipinski definition) is 1. The van der Waals surface area contributed by atoms with Crippen molar-refractivity contribution in [2.45, 2.75) is 269 Å². The number of benzene rings is 3. The first-order valence-corrected chi connectivity index (χ1v) is 32.3. The largest absolute Gasteiger partial charge is 0.508 e. The molecule has 3 aromatic carbocycles. The third-order valence-corrected chi connectivity index (χ3v) is 17.3. The molecule has 11 nitrogen and oxygen atoms in total. The maximum Gasteiger partial charge on any atom is 0.333 e. The van der Waals surface area contributed by atoms with Crippen molar-refractivity contribution >= 4 is 24.0 Å². The first kappa shape index (κ1) is 79.1. The highest BCUT2D eigenvalue weighted by atomic mass is 16.7. The molecule has 11 heteroatoms. The smallest absolute Gasteiger partial charge is 0.333 e. The molecule has 0 amide bonds. The lowest BCUT2D eigenvalue weighted by atomic mass is 9.88. The van der Waals surface area contributed by atoms with Gasteiger partial charge < -0.3 is 38.3 Å². The van der Waals surface area contributed by atoms with Crippen LogP contribution in [0, 0.1) is 10.8 Å². The van der Waals surface area contributed by atoms with Crippen LogP contribution in [0.15, 0.2) is 128 Å². The molecule has 0 spiro atoms. The Kier molecular flexibility index (Phi) is 35.6. The summed E-state index contributed by atoms with van der Waals surface area (Å²) < 4.78 is 38.7. The number of hydrogen-bond acceptors (Lipinski definition) is 11. The lowest BCUT2D eigenvalue weighted by molar-refractivity contribution is -0.167. The molecule has 4 unspecified atom stereocenters. The van der Waals surface area contributed by atoms with Crippen LogP contribution in [0.1, 0.15) is 256 Å². The third kappa shape index (κ3) is 27.2. The van der Waals surface area contributed by atoms with Crippen LogP contribution in [0.25, 0.3) is 6.08 Å². The number of carbonyl (C=O) groups is 3. The second kappa shape index (κ2) is 39.2. The van der Waals surface area contributed by atoms with E-state index in [0.717, 1.165) is 137 Å². The lowest BCUT2D eigenvalue weighted by Gasteiger charge is -2.33. The Morgan fingerprint density at radius 2 is 0.805 bits per heavy atom. The minimum Gasteiger partial charge on any atom is -0.508 e. The summed E-state index contributed by atoms with van der Waals surface area (Å²) in [7, 11) is 0. The van der Waals surface area contributed by atoms with Gasteiger partial charge in [-0.05, 0) is 267 Å². The number of aromatic hydroxyl groups is 1. The second-order valence-electron chi connectivity index (χ2n) is 25.2. The van der Waals surface area contributed by atoms with Gasteiger partial charge in [-0.15, -0.1) is 0 Å². The Hall–Kier alpha value is -5.91. The van der Waals surface area contributed by atoms with Gasteiger partial charge in [-0.2, -0.15) is 0 Å². The first-order valence-electron chi connectivity index (χ1n) is 32.3. The highest BCUT2D eigenvalue weighted by Crippen LogP contribution is 2.42. The Morgan fingerprint density at radius 3 is 1.07 bits per heavy atom. The molecule has 87 heavy (non-hydrogen) atoms. The average molecular weight is 1210 g/mol. The number of ether oxygens (including phenoxy) is 7. The summed E-state index contributed by atoms with van der Waals surface area (Å²) in [5.74, 6) is 2.77. The van der Waals surface area contributed by atoms with Gasteiger partial charge in [0.25, 0.3) is 0 Å². The quantitative estimate of drug-likeness (QED) is 0.0302. The SMILES string of the molecule is C=C(C)C(=O)OC1(C(=C)C)CCCC1.C=C(C)C1(OC(=O)C(C)(C)CC)CCCC1.C=C(C)C1(OC(=O)C(C)(C)CC)CCCC1.C=Cc1ccc(OC(C)OCC)cc1.CCC(C)c1ccc(O)cc1.CCOC(C)Oc1ccc(C(C)CC)cc1. The van der Waals surface area contributed by atoms with Gasteiger partial charge in [0.05, 0.1) is 10.8 Å². The van der Waals surface area contributed by atoms with E-state index in [1.165, 1.54) is 11.1 Å². The molecular formula is C76H118O11. The van der Waals surface area contributed by atoms with Crippen LogP contribution in [0.3, 0.4) is 0 Å². The molecule has 1 N–H and O–H groups in total. The number of rotatable bonds is 24. The van der Waals surface area contributed by atoms with Gasteiger partial charge in [0.2, 0.25) is 0 Å². The Bertz CT molecular complexity index is 2470. The van der Waals surface area contributed by atoms with E-state index in [2.05, 4.69) is 72.7 Å². The molecule has 0 saturated heterocycles. The van der Waals surface area contributed by atoms with E-state index in [0.29, 0.717) is 36.4 Å². The molecule has 0 aliphatic heterocycles. The number of phenolic OH excluding ortho intramolecular Hbond substituents is 1. The zero-order valence-corrected chi connectivity index (χ0v) is 57.6. The van der Waals surface area contributed by atoms with Gasteiger partial charge in [0.15, 0.2) is 12.6 Å². The topological polar surface area (TPSA) is 136 Å². The lowest BCUT2D eigenvalue weighted by Crippen LogP contribution is -2.38. The van der Waals surface area contributed by atoms with Gasteiger partial charge in [-0.3, -0.25) is 9.59 Å². The van der Waals surface area contributed by atoms with Crippen LogP contribution in [0.5, 0.6) is 17.2 Å². The molecule has 0 bridgehead atoms. The minimum atomic E-state index is -0.407. The van der Waals surface area contributed by atoms with E-state index in [1.54, 1.807) is 25.1 Å². The number of esters is 3. The Labute approximate surface area is 528 Å². The average Bonchev–Trinajstić information content (AvgIpc) is 3.19. The maximum absolute atomic E-state index is 12.1. The predicted molar refractivity (Wildman–Crippen MR) is 361 cm³/mol. The molecule has 4 atom stereocenters. The van der Waals surface area contributed by atoms with E-state index >= 15 is 0 Å². The van der Waals surface area contributed by atoms with Crippen molar-refractivity contribution in [1.82, 2.24) is 0 Å². The van der Waals surface area contributed by atoms with Gasteiger partial charge in [-0.1, -0.05) is 117 Å². The summed E-state index contributed by atoms with van der Waals surface area (Å²) in [6, 6.07) is 23.4. The van der Waals surface area contributed by atoms with Crippen molar-refractivity contribution in [1.29, 1.82) is 0 Å². The normalized spacial score (nSPS) is 16.5. The monoisotopic (exact) mass is 1210 g/mol. The first-order chi connectivity index (χ1) is 40.8. The van der Waals surface area contributed by atoms with Crippen LogP contribution in [-0.2, 0) is 38.1 Å². The fourth-order valence-electron chi connectivity index (χ4n) is 9.62.